The molecule has 0 aliphatic rings. The van der Waals surface area contributed by atoms with Gasteiger partial charge < -0.3 is 20.0 Å². The standard InChI is InChI=1S/C13H15N3O3/c14-10-3-4-13(18)16(8-10)9-12(17)15-6-5-11-2-1-7-19-11/h1-4,7-8H,5-6,9,14H2,(H,15,17). The number of nitrogens with two attached hydrogens (primary N) is 1. The van der Waals surface area contributed by atoms with Crippen LogP contribution in [0.4, 0.5) is 5.69 Å². The second kappa shape index (κ2) is 5.90. The molecular formula is C13H15N3O3. The number of nitrogens with one attached hydrogen (secondary N) is 1. The van der Waals surface area contributed by atoms with Gasteiger partial charge in [0.15, 0.2) is 0 Å². The molecule has 2 rings (SSSR count). The largest absolute Gasteiger partial charge is 0.469 e. The molecule has 6 nitrogen and oxygen atoms in total. The third-order valence-electron chi connectivity index (χ3n) is 2.59. The van der Waals surface area contributed by atoms with Crippen LogP contribution in [-0.2, 0) is 17.8 Å². The third kappa shape index (κ3) is 3.74. The van der Waals surface area contributed by atoms with Gasteiger partial charge in [0.25, 0.3) is 5.56 Å². The zero-order valence-corrected chi connectivity index (χ0v) is 10.3. The Labute approximate surface area is 109 Å². The lowest BCUT2D eigenvalue weighted by molar-refractivity contribution is -0.121. The molecule has 0 bridgehead atoms. The van der Waals surface area contributed by atoms with Crippen LogP contribution in [0.5, 0.6) is 0 Å². The molecular weight excluding hydrogens is 246 g/mol. The lowest BCUT2D eigenvalue weighted by Gasteiger charge is -2.07. The summed E-state index contributed by atoms with van der Waals surface area (Å²) in [6.07, 6.45) is 3.66. The Morgan fingerprint density at radius 1 is 1.37 bits per heavy atom. The highest BCUT2D eigenvalue weighted by atomic mass is 16.3. The van der Waals surface area contributed by atoms with E-state index in [1.807, 2.05) is 6.07 Å². The highest BCUT2D eigenvalue weighted by Gasteiger charge is 2.04. The van der Waals surface area contributed by atoms with E-state index in [1.54, 1.807) is 12.3 Å². The fourth-order valence-corrected chi connectivity index (χ4v) is 1.66. The van der Waals surface area contributed by atoms with Gasteiger partial charge in [-0.15, -0.1) is 0 Å². The van der Waals surface area contributed by atoms with Crippen LogP contribution in [-0.4, -0.2) is 17.0 Å². The summed E-state index contributed by atoms with van der Waals surface area (Å²) in [4.78, 5) is 23.1. The molecule has 2 heterocycles. The molecule has 0 fully saturated rings. The van der Waals surface area contributed by atoms with E-state index in [2.05, 4.69) is 5.32 Å². The Kier molecular flexibility index (Phi) is 4.02. The van der Waals surface area contributed by atoms with Crippen molar-refractivity contribution in [2.45, 2.75) is 13.0 Å². The van der Waals surface area contributed by atoms with Gasteiger partial charge in [0.2, 0.25) is 5.91 Å². The maximum absolute atomic E-state index is 11.7. The van der Waals surface area contributed by atoms with Crippen LogP contribution in [0.2, 0.25) is 0 Å². The maximum Gasteiger partial charge on any atom is 0.251 e. The molecule has 2 aromatic rings. The summed E-state index contributed by atoms with van der Waals surface area (Å²) in [7, 11) is 0. The first-order valence-corrected chi connectivity index (χ1v) is 5.90. The molecule has 0 saturated carbocycles. The molecule has 0 unspecified atom stereocenters. The summed E-state index contributed by atoms with van der Waals surface area (Å²) in [5.74, 6) is 0.570. The molecule has 1 amide bonds. The van der Waals surface area contributed by atoms with Crippen LogP contribution in [0.1, 0.15) is 5.76 Å². The minimum Gasteiger partial charge on any atom is -0.469 e. The fourth-order valence-electron chi connectivity index (χ4n) is 1.66. The van der Waals surface area contributed by atoms with Crippen LogP contribution in [0, 0.1) is 0 Å². The third-order valence-corrected chi connectivity index (χ3v) is 2.59. The van der Waals surface area contributed by atoms with Crippen molar-refractivity contribution >= 4 is 11.6 Å². The fraction of sp³-hybridized carbons (Fsp3) is 0.231. The van der Waals surface area contributed by atoms with Crippen molar-refractivity contribution in [2.75, 3.05) is 12.3 Å². The first-order valence-electron chi connectivity index (χ1n) is 5.90. The highest BCUT2D eigenvalue weighted by Crippen LogP contribution is 1.99. The molecule has 0 aromatic carbocycles. The number of carbonyl (C=O) groups is 1. The van der Waals surface area contributed by atoms with Crippen molar-refractivity contribution in [1.82, 2.24) is 9.88 Å². The topological polar surface area (TPSA) is 90.3 Å². The first-order chi connectivity index (χ1) is 9.15. The summed E-state index contributed by atoms with van der Waals surface area (Å²) in [5, 5.41) is 2.72. The summed E-state index contributed by atoms with van der Waals surface area (Å²) in [6, 6.07) is 6.48. The number of nitrogens with zero attached hydrogens (tertiary/aromatic N) is 1. The average Bonchev–Trinajstić information content (AvgIpc) is 2.87. The molecule has 3 N–H and O–H groups in total. The van der Waals surface area contributed by atoms with E-state index in [-0.39, 0.29) is 18.0 Å². The number of hydrogen-bond acceptors (Lipinski definition) is 4. The van der Waals surface area contributed by atoms with Gasteiger partial charge in [0.05, 0.1) is 6.26 Å². The Bertz CT molecular complexity index is 602. The molecule has 0 aliphatic heterocycles. The molecule has 0 saturated heterocycles. The number of hydrogen-bond donors (Lipinski definition) is 2. The second-order valence-electron chi connectivity index (χ2n) is 4.11. The predicted molar refractivity (Wildman–Crippen MR) is 70.5 cm³/mol. The quantitative estimate of drug-likeness (QED) is 0.814. The van der Waals surface area contributed by atoms with Crippen LogP contribution in [0.3, 0.4) is 0 Å². The van der Waals surface area contributed by atoms with E-state index in [1.165, 1.54) is 22.9 Å². The molecule has 19 heavy (non-hydrogen) atoms. The first kappa shape index (κ1) is 12.9. The minimum atomic E-state index is -0.254. The van der Waals surface area contributed by atoms with Gasteiger partial charge in [-0.1, -0.05) is 0 Å². The van der Waals surface area contributed by atoms with Gasteiger partial charge in [-0.05, 0) is 18.2 Å². The van der Waals surface area contributed by atoms with Crippen molar-refractivity contribution in [3.05, 3.63) is 52.8 Å². The van der Waals surface area contributed by atoms with E-state index in [4.69, 9.17) is 10.2 Å². The number of carbonyl (C=O) groups excluding carboxylic acids is 1. The van der Waals surface area contributed by atoms with Crippen molar-refractivity contribution in [3.63, 3.8) is 0 Å². The summed E-state index contributed by atoms with van der Waals surface area (Å²) in [6.45, 7) is 0.422. The van der Waals surface area contributed by atoms with Gasteiger partial charge in [0.1, 0.15) is 12.3 Å². The number of amides is 1. The van der Waals surface area contributed by atoms with E-state index in [0.29, 0.717) is 18.7 Å². The van der Waals surface area contributed by atoms with Gasteiger partial charge in [-0.2, -0.15) is 0 Å². The van der Waals surface area contributed by atoms with Gasteiger partial charge >= 0.3 is 0 Å². The Hall–Kier alpha value is -2.50. The smallest absolute Gasteiger partial charge is 0.251 e. The monoisotopic (exact) mass is 261 g/mol. The Morgan fingerprint density at radius 2 is 2.21 bits per heavy atom. The minimum absolute atomic E-state index is 0.0397. The average molecular weight is 261 g/mol. The molecule has 6 heteroatoms. The number of aromatic nitrogens is 1. The van der Waals surface area contributed by atoms with Gasteiger partial charge in [-0.3, -0.25) is 9.59 Å². The van der Waals surface area contributed by atoms with Crippen LogP contribution in [0.25, 0.3) is 0 Å². The second-order valence-corrected chi connectivity index (χ2v) is 4.11. The number of nitrogen functional groups attached to an aromatic ring is 1. The maximum atomic E-state index is 11.7. The molecule has 0 spiro atoms. The summed E-state index contributed by atoms with van der Waals surface area (Å²) < 4.78 is 6.42. The van der Waals surface area contributed by atoms with Crippen LogP contribution < -0.4 is 16.6 Å². The van der Waals surface area contributed by atoms with E-state index < -0.39 is 0 Å². The number of furan rings is 1. The predicted octanol–water partition coefficient (Wildman–Crippen LogP) is 0.382. The zero-order valence-electron chi connectivity index (χ0n) is 10.3. The Morgan fingerprint density at radius 3 is 2.95 bits per heavy atom. The molecule has 0 aliphatic carbocycles. The SMILES string of the molecule is Nc1ccc(=O)n(CC(=O)NCCc2ccco2)c1. The van der Waals surface area contributed by atoms with Crippen molar-refractivity contribution in [1.29, 1.82) is 0 Å². The molecule has 0 radical (unpaired) electrons. The lowest BCUT2D eigenvalue weighted by Crippen LogP contribution is -2.33. The lowest BCUT2D eigenvalue weighted by atomic mass is 10.3. The van der Waals surface area contributed by atoms with E-state index >= 15 is 0 Å². The van der Waals surface area contributed by atoms with Crippen molar-refractivity contribution in [3.8, 4) is 0 Å². The van der Waals surface area contributed by atoms with Crippen molar-refractivity contribution < 1.29 is 9.21 Å². The van der Waals surface area contributed by atoms with Gasteiger partial charge in [-0.25, -0.2) is 0 Å². The van der Waals surface area contributed by atoms with Gasteiger partial charge in [0, 0.05) is 30.9 Å². The highest BCUT2D eigenvalue weighted by molar-refractivity contribution is 5.75. The van der Waals surface area contributed by atoms with Crippen LogP contribution in [0.15, 0.2) is 45.9 Å². The van der Waals surface area contributed by atoms with E-state index in [0.717, 1.165) is 5.76 Å². The normalized spacial score (nSPS) is 10.3. The van der Waals surface area contributed by atoms with E-state index in [9.17, 15) is 9.59 Å². The number of pyridine rings is 1. The number of anilines is 1. The zero-order chi connectivity index (χ0) is 13.7. The number of rotatable bonds is 5. The summed E-state index contributed by atoms with van der Waals surface area (Å²) >= 11 is 0. The van der Waals surface area contributed by atoms with Crippen LogP contribution >= 0.6 is 0 Å². The molecule has 100 valence electrons. The Balaban J connectivity index is 1.84. The molecule has 0 atom stereocenters. The van der Waals surface area contributed by atoms with Crippen molar-refractivity contribution in [2.24, 2.45) is 0 Å². The molecule has 2 aromatic heterocycles. The summed E-state index contributed by atoms with van der Waals surface area (Å²) in [5.41, 5.74) is 5.76.